The number of hydrogen-bond donors (Lipinski definition) is 3. The molecule has 0 radical (unpaired) electrons. The average Bonchev–Trinajstić information content (AvgIpc) is 2.03. The van der Waals surface area contributed by atoms with Gasteiger partial charge in [-0.3, -0.25) is 4.79 Å². The molecule has 0 aromatic rings. The topological polar surface area (TPSA) is 69.6 Å². The Kier molecular flexibility index (Phi) is 3.49. The van der Waals surface area contributed by atoms with Gasteiger partial charge in [-0.2, -0.15) is 0 Å². The summed E-state index contributed by atoms with van der Waals surface area (Å²) in [7, 11) is 0. The lowest BCUT2D eigenvalue weighted by atomic mass is 9.91. The Labute approximate surface area is 71.6 Å². The summed E-state index contributed by atoms with van der Waals surface area (Å²) in [6.45, 7) is 1.49. The first-order chi connectivity index (χ1) is 5.70. The van der Waals surface area contributed by atoms with Crippen molar-refractivity contribution in [3.8, 4) is 0 Å². The zero-order valence-electron chi connectivity index (χ0n) is 6.99. The molecule has 0 bridgehead atoms. The molecule has 0 aliphatic carbocycles. The Morgan fingerprint density at radius 2 is 2.33 bits per heavy atom. The zero-order valence-corrected chi connectivity index (χ0v) is 6.99. The summed E-state index contributed by atoms with van der Waals surface area (Å²) >= 11 is 0. The summed E-state index contributed by atoms with van der Waals surface area (Å²) in [5.41, 5.74) is 0. The molecule has 2 atom stereocenters. The van der Waals surface area contributed by atoms with Gasteiger partial charge in [0.05, 0.1) is 6.10 Å². The van der Waals surface area contributed by atoms with Crippen LogP contribution in [0.15, 0.2) is 0 Å². The van der Waals surface area contributed by atoms with Crippen LogP contribution in [0.25, 0.3) is 0 Å². The molecule has 0 amide bonds. The maximum atomic E-state index is 10.3. The van der Waals surface area contributed by atoms with Gasteiger partial charge in [0.1, 0.15) is 0 Å². The van der Waals surface area contributed by atoms with Crippen LogP contribution >= 0.6 is 0 Å². The van der Waals surface area contributed by atoms with Crippen LogP contribution in [0.1, 0.15) is 19.3 Å². The number of aliphatic hydroxyl groups is 1. The van der Waals surface area contributed by atoms with E-state index in [1.165, 1.54) is 0 Å². The third kappa shape index (κ3) is 2.79. The summed E-state index contributed by atoms with van der Waals surface area (Å²) in [6.07, 6.45) is 1.28. The van der Waals surface area contributed by atoms with Crippen molar-refractivity contribution in [2.75, 3.05) is 13.1 Å². The van der Waals surface area contributed by atoms with Crippen molar-refractivity contribution < 1.29 is 15.0 Å². The highest BCUT2D eigenvalue weighted by molar-refractivity contribution is 5.66. The Bertz CT molecular complexity index is 160. The van der Waals surface area contributed by atoms with Gasteiger partial charge in [0.15, 0.2) is 0 Å². The number of aliphatic hydroxyl groups excluding tert-OH is 1. The van der Waals surface area contributed by atoms with Crippen LogP contribution in [0, 0.1) is 5.92 Å². The first-order valence-corrected chi connectivity index (χ1v) is 4.30. The van der Waals surface area contributed by atoms with Gasteiger partial charge in [-0.15, -0.1) is 0 Å². The molecule has 0 unspecified atom stereocenters. The maximum Gasteiger partial charge on any atom is 0.303 e. The highest BCUT2D eigenvalue weighted by Gasteiger charge is 2.22. The maximum absolute atomic E-state index is 10.3. The van der Waals surface area contributed by atoms with E-state index in [0.717, 1.165) is 13.0 Å². The number of carboxylic acids is 1. The van der Waals surface area contributed by atoms with Crippen molar-refractivity contribution in [3.05, 3.63) is 0 Å². The summed E-state index contributed by atoms with van der Waals surface area (Å²) in [6, 6.07) is 0. The predicted molar refractivity (Wildman–Crippen MR) is 43.9 cm³/mol. The molecule has 0 saturated carbocycles. The van der Waals surface area contributed by atoms with Crippen molar-refractivity contribution in [2.24, 2.45) is 5.92 Å². The number of carbonyl (C=O) groups is 1. The molecule has 0 spiro atoms. The van der Waals surface area contributed by atoms with E-state index in [2.05, 4.69) is 5.32 Å². The summed E-state index contributed by atoms with van der Waals surface area (Å²) in [5.74, 6) is -0.608. The van der Waals surface area contributed by atoms with Crippen LogP contribution in [0.4, 0.5) is 0 Å². The van der Waals surface area contributed by atoms with Gasteiger partial charge in [-0.25, -0.2) is 0 Å². The molecule has 4 nitrogen and oxygen atoms in total. The van der Waals surface area contributed by atoms with Crippen LogP contribution in [0.3, 0.4) is 0 Å². The van der Waals surface area contributed by atoms with E-state index in [1.54, 1.807) is 0 Å². The number of nitrogens with one attached hydrogen (secondary N) is 1. The standard InChI is InChI=1S/C8H15NO3/c10-7-5-9-4-3-6(7)1-2-8(11)12/h6-7,9-10H,1-5H2,(H,11,12)/t6-,7-/m1/s1. The van der Waals surface area contributed by atoms with Crippen molar-refractivity contribution in [3.63, 3.8) is 0 Å². The Hall–Kier alpha value is -0.610. The molecule has 1 heterocycles. The van der Waals surface area contributed by atoms with Crippen molar-refractivity contribution in [1.82, 2.24) is 5.32 Å². The van der Waals surface area contributed by atoms with E-state index in [0.29, 0.717) is 13.0 Å². The van der Waals surface area contributed by atoms with Crippen LogP contribution in [0.5, 0.6) is 0 Å². The lowest BCUT2D eigenvalue weighted by Gasteiger charge is -2.27. The number of hydrogen-bond acceptors (Lipinski definition) is 3. The van der Waals surface area contributed by atoms with Crippen LogP contribution in [0.2, 0.25) is 0 Å². The molecule has 4 heteroatoms. The molecule has 1 aliphatic rings. The van der Waals surface area contributed by atoms with E-state index in [4.69, 9.17) is 5.11 Å². The molecule has 12 heavy (non-hydrogen) atoms. The fourth-order valence-electron chi connectivity index (χ4n) is 1.54. The van der Waals surface area contributed by atoms with E-state index in [9.17, 15) is 9.90 Å². The molecule has 0 aromatic carbocycles. The molecular weight excluding hydrogens is 158 g/mol. The van der Waals surface area contributed by atoms with Crippen molar-refractivity contribution in [1.29, 1.82) is 0 Å². The molecule has 1 saturated heterocycles. The van der Waals surface area contributed by atoms with Gasteiger partial charge < -0.3 is 15.5 Å². The third-order valence-corrected chi connectivity index (χ3v) is 2.32. The highest BCUT2D eigenvalue weighted by atomic mass is 16.4. The van der Waals surface area contributed by atoms with Gasteiger partial charge in [0.2, 0.25) is 0 Å². The highest BCUT2D eigenvalue weighted by Crippen LogP contribution is 2.18. The molecule has 1 aliphatic heterocycles. The summed E-state index contributed by atoms with van der Waals surface area (Å²) < 4.78 is 0. The van der Waals surface area contributed by atoms with Gasteiger partial charge in [0.25, 0.3) is 0 Å². The fraction of sp³-hybridized carbons (Fsp3) is 0.875. The lowest BCUT2D eigenvalue weighted by Crippen LogP contribution is -2.40. The Morgan fingerprint density at radius 3 is 2.92 bits per heavy atom. The molecule has 1 rings (SSSR count). The van der Waals surface area contributed by atoms with E-state index in [-0.39, 0.29) is 18.4 Å². The van der Waals surface area contributed by atoms with Crippen LogP contribution < -0.4 is 5.32 Å². The monoisotopic (exact) mass is 173 g/mol. The van der Waals surface area contributed by atoms with Crippen LogP contribution in [-0.2, 0) is 4.79 Å². The molecule has 1 fully saturated rings. The van der Waals surface area contributed by atoms with Crippen LogP contribution in [-0.4, -0.2) is 35.4 Å². The van der Waals surface area contributed by atoms with E-state index in [1.807, 2.05) is 0 Å². The minimum Gasteiger partial charge on any atom is -0.481 e. The predicted octanol–water partition coefficient (Wildman–Crippen LogP) is -0.178. The lowest BCUT2D eigenvalue weighted by molar-refractivity contribution is -0.137. The second-order valence-electron chi connectivity index (χ2n) is 3.25. The molecule has 70 valence electrons. The number of aliphatic carboxylic acids is 1. The number of piperidine rings is 1. The summed E-state index contributed by atoms with van der Waals surface area (Å²) in [4.78, 5) is 10.3. The first-order valence-electron chi connectivity index (χ1n) is 4.30. The number of carboxylic acid groups (broad SMARTS) is 1. The first kappa shape index (κ1) is 9.48. The Morgan fingerprint density at radius 1 is 1.58 bits per heavy atom. The number of β-amino-alcohol motifs (C(OH)–C–C–N with tert-alkyl or cyclic N) is 1. The number of rotatable bonds is 3. The van der Waals surface area contributed by atoms with Gasteiger partial charge in [0, 0.05) is 13.0 Å². The molecule has 0 aromatic heterocycles. The molecule has 3 N–H and O–H groups in total. The second kappa shape index (κ2) is 4.42. The van der Waals surface area contributed by atoms with Crippen molar-refractivity contribution in [2.45, 2.75) is 25.4 Å². The minimum atomic E-state index is -0.777. The average molecular weight is 173 g/mol. The van der Waals surface area contributed by atoms with E-state index >= 15 is 0 Å². The van der Waals surface area contributed by atoms with Crippen molar-refractivity contribution >= 4 is 5.97 Å². The quantitative estimate of drug-likeness (QED) is 0.554. The van der Waals surface area contributed by atoms with E-state index < -0.39 is 5.97 Å². The second-order valence-corrected chi connectivity index (χ2v) is 3.25. The molecular formula is C8H15NO3. The largest absolute Gasteiger partial charge is 0.481 e. The normalized spacial score (nSPS) is 30.1. The zero-order chi connectivity index (χ0) is 8.97. The third-order valence-electron chi connectivity index (χ3n) is 2.32. The van der Waals surface area contributed by atoms with Gasteiger partial charge in [-0.1, -0.05) is 0 Å². The fourth-order valence-corrected chi connectivity index (χ4v) is 1.54. The Balaban J connectivity index is 2.24. The van der Waals surface area contributed by atoms with Gasteiger partial charge in [-0.05, 0) is 25.3 Å². The summed E-state index contributed by atoms with van der Waals surface area (Å²) in [5, 5.41) is 20.9. The van der Waals surface area contributed by atoms with Gasteiger partial charge >= 0.3 is 5.97 Å². The minimum absolute atomic E-state index is 0.168. The smallest absolute Gasteiger partial charge is 0.303 e. The SMILES string of the molecule is O=C(O)CC[C@@H]1CCNC[C@H]1O.